The minimum absolute atomic E-state index is 0. The molecule has 0 atom stereocenters. The number of aromatic nitrogens is 3. The van der Waals surface area contributed by atoms with Crippen LogP contribution in [0.2, 0.25) is 0 Å². The number of nitrogens with zero attached hydrogens (tertiary/aromatic N) is 3. The summed E-state index contributed by atoms with van der Waals surface area (Å²) in [5.41, 5.74) is 0. The molecule has 0 N–H and O–H groups in total. The van der Waals surface area contributed by atoms with Crippen LogP contribution in [-0.4, -0.2) is 15.0 Å². The third kappa shape index (κ3) is 14.6. The van der Waals surface area contributed by atoms with Gasteiger partial charge in [-0.15, -0.1) is 17.0 Å². The van der Waals surface area contributed by atoms with Crippen molar-refractivity contribution in [1.29, 1.82) is 0 Å². The second kappa shape index (κ2) is 17.6. The van der Waals surface area contributed by atoms with E-state index in [4.69, 9.17) is 0 Å². The van der Waals surface area contributed by atoms with Gasteiger partial charge in [-0.3, -0.25) is 15.0 Å². The summed E-state index contributed by atoms with van der Waals surface area (Å²) in [7, 11) is 0. The molecule has 3 nitrogen and oxygen atoms in total. The van der Waals surface area contributed by atoms with E-state index < -0.39 is 0 Å². The molecule has 3 rings (SSSR count). The topological polar surface area (TPSA) is 38.7 Å². The zero-order valence-corrected chi connectivity index (χ0v) is 15.0. The summed E-state index contributed by atoms with van der Waals surface area (Å²) in [6.45, 7) is 0. The van der Waals surface area contributed by atoms with Crippen LogP contribution in [0, 0.1) is 0 Å². The van der Waals surface area contributed by atoms with Gasteiger partial charge in [-0.05, 0) is 36.4 Å². The van der Waals surface area contributed by atoms with Gasteiger partial charge < -0.3 is 0 Å². The Morgan fingerprint density at radius 1 is 0.350 bits per heavy atom. The predicted molar refractivity (Wildman–Crippen MR) is 83.0 cm³/mol. The number of rotatable bonds is 0. The van der Waals surface area contributed by atoms with Crippen LogP contribution in [0.4, 0.5) is 0 Å². The van der Waals surface area contributed by atoms with Gasteiger partial charge in [0.15, 0.2) is 0 Å². The molecule has 3 aromatic rings. The SMILES string of the molecule is Br.[Os].c1ccncc1.c1ccncc1.c1ccncc1. The summed E-state index contributed by atoms with van der Waals surface area (Å²) < 4.78 is 0. The first-order valence-corrected chi connectivity index (χ1v) is 5.55. The number of hydrogen-bond acceptors (Lipinski definition) is 3. The van der Waals surface area contributed by atoms with E-state index >= 15 is 0 Å². The van der Waals surface area contributed by atoms with E-state index in [1.54, 1.807) is 37.2 Å². The Labute approximate surface area is 143 Å². The van der Waals surface area contributed by atoms with Crippen LogP contribution in [0.1, 0.15) is 0 Å². The zero-order chi connectivity index (χ0) is 12.7. The molecule has 0 spiro atoms. The molecule has 0 fully saturated rings. The molecule has 0 aliphatic heterocycles. The van der Waals surface area contributed by atoms with E-state index in [1.807, 2.05) is 54.6 Å². The molecule has 0 radical (unpaired) electrons. The Morgan fingerprint density at radius 3 is 0.600 bits per heavy atom. The minimum Gasteiger partial charge on any atom is -0.265 e. The predicted octanol–water partition coefficient (Wildman–Crippen LogP) is 3.82. The van der Waals surface area contributed by atoms with Crippen molar-refractivity contribution in [3.63, 3.8) is 0 Å². The molecular weight excluding hydrogens is 492 g/mol. The molecule has 0 aliphatic carbocycles. The largest absolute Gasteiger partial charge is 0.265 e. The quantitative estimate of drug-likeness (QED) is 0.464. The normalized spacial score (nSPS) is 7.20. The smallest absolute Gasteiger partial charge is 0.0267 e. The van der Waals surface area contributed by atoms with Crippen LogP contribution in [0.3, 0.4) is 0 Å². The van der Waals surface area contributed by atoms with Gasteiger partial charge in [0.05, 0.1) is 0 Å². The number of pyridine rings is 3. The van der Waals surface area contributed by atoms with Gasteiger partial charge in [0, 0.05) is 57.0 Å². The number of hydrogen-bond donors (Lipinski definition) is 0. The van der Waals surface area contributed by atoms with Crippen molar-refractivity contribution in [2.75, 3.05) is 0 Å². The monoisotopic (exact) mass is 509 g/mol. The van der Waals surface area contributed by atoms with Gasteiger partial charge >= 0.3 is 0 Å². The van der Waals surface area contributed by atoms with Gasteiger partial charge in [-0.2, -0.15) is 0 Å². The van der Waals surface area contributed by atoms with Crippen LogP contribution in [0.5, 0.6) is 0 Å². The standard InChI is InChI=1S/3C5H5N.BrH.Os/c3*1-2-4-6-5-3-1;;/h3*1-5H;1H;. The van der Waals surface area contributed by atoms with E-state index in [2.05, 4.69) is 15.0 Å². The summed E-state index contributed by atoms with van der Waals surface area (Å²) in [4.78, 5) is 11.4. The van der Waals surface area contributed by atoms with Crippen molar-refractivity contribution in [3.8, 4) is 0 Å². The molecule has 20 heavy (non-hydrogen) atoms. The molecule has 0 amide bonds. The molecule has 3 heterocycles. The fourth-order valence-corrected chi connectivity index (χ4v) is 0.938. The molecule has 0 unspecified atom stereocenters. The van der Waals surface area contributed by atoms with Gasteiger partial charge in [-0.25, -0.2) is 0 Å². The van der Waals surface area contributed by atoms with E-state index in [1.165, 1.54) is 0 Å². The van der Waals surface area contributed by atoms with Gasteiger partial charge in [-0.1, -0.05) is 18.2 Å². The Balaban J connectivity index is 0. The van der Waals surface area contributed by atoms with E-state index in [0.717, 1.165) is 0 Å². The maximum atomic E-state index is 3.78. The van der Waals surface area contributed by atoms with Crippen molar-refractivity contribution in [2.24, 2.45) is 0 Å². The average Bonchev–Trinajstić information content (AvgIpc) is 2.54. The fourth-order valence-electron chi connectivity index (χ4n) is 0.938. The Bertz CT molecular complexity index is 314. The summed E-state index contributed by atoms with van der Waals surface area (Å²) in [6.07, 6.45) is 10.5. The maximum absolute atomic E-state index is 3.78. The average molecular weight is 508 g/mol. The van der Waals surface area contributed by atoms with Gasteiger partial charge in [0.25, 0.3) is 0 Å². The Hall–Kier alpha value is -1.43. The van der Waals surface area contributed by atoms with Gasteiger partial charge in [0.1, 0.15) is 0 Å². The van der Waals surface area contributed by atoms with Crippen molar-refractivity contribution in [3.05, 3.63) is 91.8 Å². The molecule has 0 aromatic carbocycles. The van der Waals surface area contributed by atoms with Crippen molar-refractivity contribution >= 4 is 17.0 Å². The first-order valence-electron chi connectivity index (χ1n) is 5.55. The molecule has 0 saturated carbocycles. The zero-order valence-electron chi connectivity index (χ0n) is 10.8. The Morgan fingerprint density at radius 2 is 0.550 bits per heavy atom. The van der Waals surface area contributed by atoms with E-state index in [9.17, 15) is 0 Å². The molecule has 0 bridgehead atoms. The van der Waals surface area contributed by atoms with Crippen molar-refractivity contribution in [2.45, 2.75) is 0 Å². The van der Waals surface area contributed by atoms with Crippen LogP contribution in [0.15, 0.2) is 91.8 Å². The van der Waals surface area contributed by atoms with Crippen LogP contribution in [0.25, 0.3) is 0 Å². The van der Waals surface area contributed by atoms with Crippen molar-refractivity contribution < 1.29 is 19.8 Å². The first-order chi connectivity index (χ1) is 9.00. The minimum atomic E-state index is 0. The summed E-state index contributed by atoms with van der Waals surface area (Å²) in [5, 5.41) is 0. The summed E-state index contributed by atoms with van der Waals surface area (Å²) in [6, 6.07) is 17.1. The van der Waals surface area contributed by atoms with Crippen molar-refractivity contribution in [1.82, 2.24) is 15.0 Å². The number of halogens is 1. The third-order valence-electron chi connectivity index (χ3n) is 1.70. The maximum Gasteiger partial charge on any atom is 0.0267 e. The Kier molecular flexibility index (Phi) is 18.3. The molecule has 0 aliphatic rings. The third-order valence-corrected chi connectivity index (χ3v) is 1.70. The molecule has 5 heteroatoms. The summed E-state index contributed by atoms with van der Waals surface area (Å²) in [5.74, 6) is 0. The van der Waals surface area contributed by atoms with Crippen LogP contribution in [-0.2, 0) is 19.8 Å². The second-order valence-corrected chi connectivity index (χ2v) is 3.07. The summed E-state index contributed by atoms with van der Waals surface area (Å²) >= 11 is 0. The molecular formula is C15H16BrN3Os. The van der Waals surface area contributed by atoms with E-state index in [0.29, 0.717) is 0 Å². The van der Waals surface area contributed by atoms with E-state index in [-0.39, 0.29) is 36.8 Å². The van der Waals surface area contributed by atoms with Crippen LogP contribution < -0.4 is 0 Å². The first kappa shape index (κ1) is 20.9. The molecule has 3 aromatic heterocycles. The molecule has 106 valence electrons. The van der Waals surface area contributed by atoms with Gasteiger partial charge in [0.2, 0.25) is 0 Å². The molecule has 0 saturated heterocycles. The fraction of sp³-hybridized carbons (Fsp3) is 0. The van der Waals surface area contributed by atoms with Crippen LogP contribution >= 0.6 is 17.0 Å². The second-order valence-electron chi connectivity index (χ2n) is 3.07.